The molecule has 1 amide bonds. The van der Waals surface area contributed by atoms with Crippen molar-refractivity contribution in [1.29, 1.82) is 0 Å². The van der Waals surface area contributed by atoms with Crippen LogP contribution in [0.4, 0.5) is 0 Å². The Kier molecular flexibility index (Phi) is 4.36. The maximum absolute atomic E-state index is 12.7. The van der Waals surface area contributed by atoms with E-state index in [-0.39, 0.29) is 4.90 Å². The van der Waals surface area contributed by atoms with Crippen LogP contribution in [0.5, 0.6) is 0 Å². The van der Waals surface area contributed by atoms with Gasteiger partial charge in [-0.1, -0.05) is 24.1 Å². The minimum absolute atomic E-state index is 0.137. The fourth-order valence-electron chi connectivity index (χ4n) is 2.47. The molecule has 1 aromatic rings. The second-order valence-corrected chi connectivity index (χ2v) is 7.16. The summed E-state index contributed by atoms with van der Waals surface area (Å²) in [5.74, 6) is -0.604. The van der Waals surface area contributed by atoms with E-state index in [9.17, 15) is 13.2 Å². The second kappa shape index (κ2) is 5.71. The number of benzene rings is 1. The van der Waals surface area contributed by atoms with E-state index in [1.807, 2.05) is 0 Å². The van der Waals surface area contributed by atoms with E-state index in [4.69, 9.17) is 17.3 Å². The maximum Gasteiger partial charge on any atom is 0.244 e. The van der Waals surface area contributed by atoms with Gasteiger partial charge in [0.1, 0.15) is 6.04 Å². The number of nitrogens with zero attached hydrogens (tertiary/aromatic N) is 1. The molecule has 1 atom stereocenters. The van der Waals surface area contributed by atoms with Crippen molar-refractivity contribution in [3.05, 3.63) is 28.8 Å². The molecule has 2 N–H and O–H groups in total. The number of piperidine rings is 1. The van der Waals surface area contributed by atoms with E-state index in [1.54, 1.807) is 19.1 Å². The lowest BCUT2D eigenvalue weighted by atomic mass is 10.0. The van der Waals surface area contributed by atoms with Gasteiger partial charge in [-0.3, -0.25) is 4.79 Å². The van der Waals surface area contributed by atoms with Gasteiger partial charge in [-0.05, 0) is 37.5 Å². The lowest BCUT2D eigenvalue weighted by Crippen LogP contribution is -2.50. The van der Waals surface area contributed by atoms with Crippen molar-refractivity contribution in [2.45, 2.75) is 37.1 Å². The van der Waals surface area contributed by atoms with Crippen molar-refractivity contribution >= 4 is 27.5 Å². The zero-order valence-electron chi connectivity index (χ0n) is 11.2. The Morgan fingerprint density at radius 1 is 1.40 bits per heavy atom. The Morgan fingerprint density at radius 3 is 2.75 bits per heavy atom. The summed E-state index contributed by atoms with van der Waals surface area (Å²) in [6, 6.07) is 3.96. The second-order valence-electron chi connectivity index (χ2n) is 4.89. The first kappa shape index (κ1) is 15.3. The Bertz CT molecular complexity index is 631. The molecule has 0 saturated carbocycles. The van der Waals surface area contributed by atoms with Crippen molar-refractivity contribution in [1.82, 2.24) is 4.31 Å². The summed E-state index contributed by atoms with van der Waals surface area (Å²) in [4.78, 5) is 11.6. The molecule has 1 saturated heterocycles. The first-order valence-corrected chi connectivity index (χ1v) is 8.24. The zero-order valence-corrected chi connectivity index (χ0v) is 12.7. The van der Waals surface area contributed by atoms with Crippen LogP contribution in [0.15, 0.2) is 23.1 Å². The Balaban J connectivity index is 2.48. The van der Waals surface area contributed by atoms with Crippen molar-refractivity contribution in [3.8, 4) is 0 Å². The topological polar surface area (TPSA) is 80.5 Å². The van der Waals surface area contributed by atoms with Gasteiger partial charge in [0.25, 0.3) is 0 Å². The molecule has 7 heteroatoms. The molecule has 1 fully saturated rings. The van der Waals surface area contributed by atoms with Gasteiger partial charge >= 0.3 is 0 Å². The number of sulfonamides is 1. The van der Waals surface area contributed by atoms with Crippen LogP contribution in [-0.2, 0) is 14.8 Å². The van der Waals surface area contributed by atoms with Crippen molar-refractivity contribution < 1.29 is 13.2 Å². The number of halogens is 1. The SMILES string of the molecule is Cc1c(Cl)cccc1S(=O)(=O)N1CCCCC1C(N)=O. The number of carbonyl (C=O) groups is 1. The van der Waals surface area contributed by atoms with Gasteiger partial charge in [-0.2, -0.15) is 4.31 Å². The van der Waals surface area contributed by atoms with E-state index in [0.29, 0.717) is 23.6 Å². The summed E-state index contributed by atoms with van der Waals surface area (Å²) < 4.78 is 26.7. The standard InChI is InChI=1S/C13H17ClN2O3S/c1-9-10(14)5-4-7-12(9)20(18,19)16-8-3-2-6-11(16)13(15)17/h4-5,7,11H,2-3,6,8H2,1H3,(H2,15,17). The summed E-state index contributed by atoms with van der Waals surface area (Å²) in [5.41, 5.74) is 5.82. The van der Waals surface area contributed by atoms with E-state index in [2.05, 4.69) is 0 Å². The number of nitrogens with two attached hydrogens (primary N) is 1. The average molecular weight is 317 g/mol. The molecule has 2 rings (SSSR count). The van der Waals surface area contributed by atoms with Crippen molar-refractivity contribution in [2.24, 2.45) is 5.73 Å². The van der Waals surface area contributed by atoms with Gasteiger partial charge in [0.05, 0.1) is 4.90 Å². The summed E-state index contributed by atoms with van der Waals surface area (Å²) in [7, 11) is -3.76. The molecule has 0 radical (unpaired) electrons. The number of amides is 1. The zero-order chi connectivity index (χ0) is 14.9. The number of carbonyl (C=O) groups excluding carboxylic acids is 1. The van der Waals surface area contributed by atoms with E-state index >= 15 is 0 Å². The first-order chi connectivity index (χ1) is 9.35. The lowest BCUT2D eigenvalue weighted by molar-refractivity contribution is -0.122. The van der Waals surface area contributed by atoms with Gasteiger partial charge in [0.2, 0.25) is 15.9 Å². The molecule has 1 aliphatic heterocycles. The quantitative estimate of drug-likeness (QED) is 0.921. The Hall–Kier alpha value is -1.11. The lowest BCUT2D eigenvalue weighted by Gasteiger charge is -2.33. The van der Waals surface area contributed by atoms with Crippen LogP contribution >= 0.6 is 11.6 Å². The van der Waals surface area contributed by atoms with Crippen LogP contribution < -0.4 is 5.73 Å². The predicted octanol–water partition coefficient (Wildman–Crippen LogP) is 1.68. The fourth-order valence-corrected chi connectivity index (χ4v) is 4.61. The third-order valence-electron chi connectivity index (χ3n) is 3.59. The van der Waals surface area contributed by atoms with Crippen LogP contribution in [0, 0.1) is 6.92 Å². The average Bonchev–Trinajstić information content (AvgIpc) is 2.41. The van der Waals surface area contributed by atoms with Crippen LogP contribution in [-0.4, -0.2) is 31.2 Å². The highest BCUT2D eigenvalue weighted by molar-refractivity contribution is 7.89. The molecule has 0 bridgehead atoms. The largest absolute Gasteiger partial charge is 0.368 e. The third kappa shape index (κ3) is 2.68. The van der Waals surface area contributed by atoms with Gasteiger partial charge in [-0.15, -0.1) is 0 Å². The highest BCUT2D eigenvalue weighted by Gasteiger charge is 2.37. The number of hydrogen-bond donors (Lipinski definition) is 1. The number of rotatable bonds is 3. The van der Waals surface area contributed by atoms with Gasteiger partial charge in [0, 0.05) is 11.6 Å². The predicted molar refractivity (Wildman–Crippen MR) is 76.9 cm³/mol. The molecule has 1 aliphatic rings. The van der Waals surface area contributed by atoms with Crippen LogP contribution in [0.25, 0.3) is 0 Å². The van der Waals surface area contributed by atoms with E-state index in [1.165, 1.54) is 10.4 Å². The maximum atomic E-state index is 12.7. The molecule has 110 valence electrons. The molecule has 0 aliphatic carbocycles. The third-order valence-corrected chi connectivity index (χ3v) is 6.05. The molecular formula is C13H17ClN2O3S. The fraction of sp³-hybridized carbons (Fsp3) is 0.462. The first-order valence-electron chi connectivity index (χ1n) is 6.42. The number of primary amides is 1. The van der Waals surface area contributed by atoms with Crippen LogP contribution in [0.3, 0.4) is 0 Å². The van der Waals surface area contributed by atoms with Crippen molar-refractivity contribution in [2.75, 3.05) is 6.54 Å². The molecular weight excluding hydrogens is 300 g/mol. The summed E-state index contributed by atoms with van der Waals surface area (Å²) >= 11 is 5.98. The van der Waals surface area contributed by atoms with Gasteiger partial charge < -0.3 is 5.73 Å². The molecule has 0 aromatic heterocycles. The molecule has 1 heterocycles. The summed E-state index contributed by atoms with van der Waals surface area (Å²) in [6.07, 6.45) is 1.99. The van der Waals surface area contributed by atoms with Crippen molar-refractivity contribution in [3.63, 3.8) is 0 Å². The molecule has 5 nitrogen and oxygen atoms in total. The molecule has 0 spiro atoms. The van der Waals surface area contributed by atoms with Crippen LogP contribution in [0.1, 0.15) is 24.8 Å². The van der Waals surface area contributed by atoms with Gasteiger partial charge in [0.15, 0.2) is 0 Å². The monoisotopic (exact) mass is 316 g/mol. The van der Waals surface area contributed by atoms with Gasteiger partial charge in [-0.25, -0.2) is 8.42 Å². The van der Waals surface area contributed by atoms with E-state index < -0.39 is 22.0 Å². The summed E-state index contributed by atoms with van der Waals surface area (Å²) in [6.45, 7) is 1.96. The molecule has 1 aromatic carbocycles. The van der Waals surface area contributed by atoms with Crippen LogP contribution in [0.2, 0.25) is 5.02 Å². The Labute approximate surface area is 123 Å². The normalized spacial score (nSPS) is 20.8. The van der Waals surface area contributed by atoms with E-state index in [0.717, 1.165) is 12.8 Å². The minimum atomic E-state index is -3.76. The minimum Gasteiger partial charge on any atom is -0.368 e. The smallest absolute Gasteiger partial charge is 0.244 e. The summed E-state index contributed by atoms with van der Waals surface area (Å²) in [5, 5.41) is 0.388. The number of hydrogen-bond acceptors (Lipinski definition) is 3. The molecule has 1 unspecified atom stereocenters. The molecule has 20 heavy (non-hydrogen) atoms. The highest BCUT2D eigenvalue weighted by Crippen LogP contribution is 2.29. The highest BCUT2D eigenvalue weighted by atomic mass is 35.5. The Morgan fingerprint density at radius 2 is 2.10 bits per heavy atom.